The lowest BCUT2D eigenvalue weighted by Gasteiger charge is -2.19. The van der Waals surface area contributed by atoms with Crippen LogP contribution in [0.3, 0.4) is 0 Å². The van der Waals surface area contributed by atoms with Crippen LogP contribution < -0.4 is 9.47 Å². The van der Waals surface area contributed by atoms with Crippen molar-refractivity contribution in [3.8, 4) is 22.6 Å². The van der Waals surface area contributed by atoms with E-state index in [2.05, 4.69) is 0 Å². The largest absolute Gasteiger partial charge is 0.497 e. The maximum absolute atomic E-state index is 15.3. The number of carboxylic acids is 1. The average molecular weight is 429 g/mol. The third-order valence-electron chi connectivity index (χ3n) is 6.43. The molecule has 0 aliphatic heterocycles. The number of methoxy groups -OCH3 is 1. The molecule has 0 bridgehead atoms. The van der Waals surface area contributed by atoms with Gasteiger partial charge in [-0.1, -0.05) is 31.0 Å². The van der Waals surface area contributed by atoms with Crippen molar-refractivity contribution < 1.29 is 28.5 Å². The van der Waals surface area contributed by atoms with Crippen LogP contribution >= 0.6 is 0 Å². The Morgan fingerprint density at radius 3 is 2.52 bits per heavy atom. The zero-order valence-corrected chi connectivity index (χ0v) is 18.1. The lowest BCUT2D eigenvalue weighted by atomic mass is 9.90. The molecule has 0 spiro atoms. The highest BCUT2D eigenvalue weighted by Gasteiger charge is 2.51. The van der Waals surface area contributed by atoms with Gasteiger partial charge in [-0.3, -0.25) is 4.79 Å². The summed E-state index contributed by atoms with van der Waals surface area (Å²) in [5.74, 6) is -0.644. The summed E-state index contributed by atoms with van der Waals surface area (Å²) in [6.07, 6.45) is 5.79. The van der Waals surface area contributed by atoms with E-state index in [1.165, 1.54) is 13.2 Å². The zero-order chi connectivity index (χ0) is 22.0. The fourth-order valence-electron chi connectivity index (χ4n) is 4.43. The first kappa shape index (κ1) is 21.6. The van der Waals surface area contributed by atoms with E-state index in [9.17, 15) is 9.90 Å². The fraction of sp³-hybridized carbons (Fsp3) is 0.480. The molecule has 1 N–H and O–H groups in total. The molecule has 0 saturated heterocycles. The predicted molar refractivity (Wildman–Crippen MR) is 115 cm³/mol. The van der Waals surface area contributed by atoms with Gasteiger partial charge in [-0.15, -0.1) is 0 Å². The van der Waals surface area contributed by atoms with Gasteiger partial charge in [0.1, 0.15) is 5.75 Å². The number of carboxylic acid groups (broad SMARTS) is 1. The summed E-state index contributed by atoms with van der Waals surface area (Å²) in [4.78, 5) is 11.8. The van der Waals surface area contributed by atoms with E-state index in [4.69, 9.17) is 14.2 Å². The first-order chi connectivity index (χ1) is 15.0. The topological polar surface area (TPSA) is 65.0 Å². The molecule has 0 radical (unpaired) electrons. The van der Waals surface area contributed by atoms with Gasteiger partial charge in [-0.2, -0.15) is 0 Å². The van der Waals surface area contributed by atoms with E-state index < -0.39 is 17.2 Å². The van der Waals surface area contributed by atoms with Crippen LogP contribution in [0.25, 0.3) is 11.1 Å². The van der Waals surface area contributed by atoms with Crippen LogP contribution in [-0.2, 0) is 21.6 Å². The second-order valence-corrected chi connectivity index (χ2v) is 8.40. The van der Waals surface area contributed by atoms with E-state index in [0.717, 1.165) is 36.8 Å². The molecular weight excluding hydrogens is 399 g/mol. The Morgan fingerprint density at radius 1 is 1.16 bits per heavy atom. The number of carbonyl (C=O) groups is 1. The smallest absolute Gasteiger partial charge is 0.314 e. The molecule has 0 amide bonds. The van der Waals surface area contributed by atoms with Crippen LogP contribution in [0.1, 0.15) is 56.6 Å². The Hall–Kier alpha value is -2.60. The van der Waals surface area contributed by atoms with Crippen molar-refractivity contribution in [1.29, 1.82) is 0 Å². The SMILES string of the molecule is CCOc1cc(OC)cc(-c2ccc(C3(C(=O)O)CC3)cc2COC2CCCC2)c1F. The molecule has 2 saturated carbocycles. The van der Waals surface area contributed by atoms with Gasteiger partial charge in [-0.05, 0) is 55.4 Å². The van der Waals surface area contributed by atoms with Gasteiger partial charge >= 0.3 is 5.97 Å². The van der Waals surface area contributed by atoms with Crippen LogP contribution in [0, 0.1) is 5.82 Å². The fourth-order valence-corrected chi connectivity index (χ4v) is 4.43. The Balaban J connectivity index is 1.77. The van der Waals surface area contributed by atoms with Gasteiger partial charge in [0.25, 0.3) is 0 Å². The highest BCUT2D eigenvalue weighted by atomic mass is 19.1. The lowest BCUT2D eigenvalue weighted by Crippen LogP contribution is -2.20. The molecule has 2 aliphatic rings. The molecule has 0 atom stereocenters. The summed E-state index contributed by atoms with van der Waals surface area (Å²) in [5, 5.41) is 9.72. The van der Waals surface area contributed by atoms with Crippen LogP contribution in [-0.4, -0.2) is 30.9 Å². The molecular formula is C25H29FO5. The van der Waals surface area contributed by atoms with Crippen molar-refractivity contribution >= 4 is 5.97 Å². The quantitative estimate of drug-likeness (QED) is 0.573. The third kappa shape index (κ3) is 4.26. The van der Waals surface area contributed by atoms with E-state index >= 15 is 4.39 Å². The highest BCUT2D eigenvalue weighted by Crippen LogP contribution is 2.49. The molecule has 2 fully saturated rings. The minimum absolute atomic E-state index is 0.132. The Labute approximate surface area is 182 Å². The van der Waals surface area contributed by atoms with E-state index in [0.29, 0.717) is 42.9 Å². The normalized spacial score (nSPS) is 17.5. The monoisotopic (exact) mass is 428 g/mol. The zero-order valence-electron chi connectivity index (χ0n) is 18.1. The standard InChI is InChI=1S/C25H29FO5/c1-3-30-22-14-19(29-2)13-21(23(22)26)20-9-8-17(25(10-11-25)24(27)28)12-16(20)15-31-18-6-4-5-7-18/h8-9,12-14,18H,3-7,10-11,15H2,1-2H3,(H,27,28). The summed E-state index contributed by atoms with van der Waals surface area (Å²) in [5.41, 5.74) is 1.73. The third-order valence-corrected chi connectivity index (χ3v) is 6.43. The van der Waals surface area contributed by atoms with Gasteiger partial charge < -0.3 is 19.3 Å². The average Bonchev–Trinajstić information content (AvgIpc) is 3.43. The van der Waals surface area contributed by atoms with Crippen LogP contribution in [0.2, 0.25) is 0 Å². The summed E-state index contributed by atoms with van der Waals surface area (Å²) >= 11 is 0. The summed E-state index contributed by atoms with van der Waals surface area (Å²) < 4.78 is 32.3. The molecule has 4 rings (SSSR count). The molecule has 5 nitrogen and oxygen atoms in total. The number of hydrogen-bond donors (Lipinski definition) is 1. The number of rotatable bonds is 9. The van der Waals surface area contributed by atoms with Crippen molar-refractivity contribution in [3.63, 3.8) is 0 Å². The summed E-state index contributed by atoms with van der Waals surface area (Å²) in [6.45, 7) is 2.45. The molecule has 2 aromatic rings. The van der Waals surface area contributed by atoms with E-state index in [-0.39, 0.29) is 11.9 Å². The Morgan fingerprint density at radius 2 is 1.90 bits per heavy atom. The van der Waals surface area contributed by atoms with Gasteiger partial charge in [-0.25, -0.2) is 4.39 Å². The van der Waals surface area contributed by atoms with Crippen molar-refractivity contribution in [1.82, 2.24) is 0 Å². The molecule has 2 aromatic carbocycles. The van der Waals surface area contributed by atoms with Crippen molar-refractivity contribution in [2.75, 3.05) is 13.7 Å². The second-order valence-electron chi connectivity index (χ2n) is 8.40. The van der Waals surface area contributed by atoms with E-state index in [1.54, 1.807) is 25.1 Å². The first-order valence-electron chi connectivity index (χ1n) is 11.0. The molecule has 0 aromatic heterocycles. The molecule has 0 heterocycles. The Bertz CT molecular complexity index is 961. The number of benzene rings is 2. The molecule has 31 heavy (non-hydrogen) atoms. The highest BCUT2D eigenvalue weighted by molar-refractivity contribution is 5.85. The number of hydrogen-bond acceptors (Lipinski definition) is 4. The number of halogens is 1. The lowest BCUT2D eigenvalue weighted by molar-refractivity contribution is -0.140. The van der Waals surface area contributed by atoms with Gasteiger partial charge in [0.05, 0.1) is 31.8 Å². The first-order valence-corrected chi connectivity index (χ1v) is 11.0. The van der Waals surface area contributed by atoms with Gasteiger partial charge in [0.2, 0.25) is 0 Å². The van der Waals surface area contributed by atoms with E-state index in [1.807, 2.05) is 6.07 Å². The molecule has 0 unspecified atom stereocenters. The maximum atomic E-state index is 15.3. The van der Waals surface area contributed by atoms with Crippen LogP contribution in [0.15, 0.2) is 30.3 Å². The maximum Gasteiger partial charge on any atom is 0.314 e. The van der Waals surface area contributed by atoms with Crippen LogP contribution in [0.5, 0.6) is 11.5 Å². The number of aliphatic carboxylic acids is 1. The second kappa shape index (κ2) is 8.87. The minimum atomic E-state index is -0.829. The number of ether oxygens (including phenoxy) is 3. The van der Waals surface area contributed by atoms with Gasteiger partial charge in [0.15, 0.2) is 11.6 Å². The van der Waals surface area contributed by atoms with Crippen molar-refractivity contribution in [2.45, 2.75) is 63.6 Å². The summed E-state index contributed by atoms with van der Waals surface area (Å²) in [7, 11) is 1.53. The van der Waals surface area contributed by atoms with Crippen LogP contribution in [0.4, 0.5) is 4.39 Å². The van der Waals surface area contributed by atoms with Gasteiger partial charge in [0, 0.05) is 11.6 Å². The molecule has 166 valence electrons. The minimum Gasteiger partial charge on any atom is -0.497 e. The summed E-state index contributed by atoms with van der Waals surface area (Å²) in [6, 6.07) is 8.67. The Kier molecular flexibility index (Phi) is 6.19. The van der Waals surface area contributed by atoms with Crippen molar-refractivity contribution in [2.24, 2.45) is 0 Å². The predicted octanol–water partition coefficient (Wildman–Crippen LogP) is 5.48. The van der Waals surface area contributed by atoms with Crippen molar-refractivity contribution in [3.05, 3.63) is 47.3 Å². The molecule has 6 heteroatoms. The molecule has 2 aliphatic carbocycles.